The number of H-pyrrole nitrogens is 1. The smallest absolute Gasteiger partial charge is 0.283 e. The summed E-state index contributed by atoms with van der Waals surface area (Å²) in [6.45, 7) is 0. The van der Waals surface area contributed by atoms with E-state index in [4.69, 9.17) is 0 Å². The van der Waals surface area contributed by atoms with Gasteiger partial charge in [0.05, 0.1) is 11.1 Å². The van der Waals surface area contributed by atoms with Gasteiger partial charge in [-0.25, -0.2) is 9.97 Å². The summed E-state index contributed by atoms with van der Waals surface area (Å²) in [5, 5.41) is 4.24. The maximum atomic E-state index is 13.3. The Balaban J connectivity index is 2.10. The Morgan fingerprint density at radius 2 is 2.10 bits per heavy atom. The number of pyridine rings is 3. The SMILES string of the molecule is O=c1c2c[nH]c3ccc(F)nc3c-2nn1-c1ccccn1. The molecule has 0 amide bonds. The van der Waals surface area contributed by atoms with Crippen LogP contribution in [0.25, 0.3) is 28.1 Å². The fraction of sp³-hybridized carbons (Fsp3) is 0. The Kier molecular flexibility index (Phi) is 2.34. The molecule has 2 aromatic rings. The summed E-state index contributed by atoms with van der Waals surface area (Å²) in [7, 11) is 0. The van der Waals surface area contributed by atoms with E-state index in [2.05, 4.69) is 20.1 Å². The van der Waals surface area contributed by atoms with Crippen molar-refractivity contribution in [2.75, 3.05) is 0 Å². The van der Waals surface area contributed by atoms with Crippen LogP contribution in [0.4, 0.5) is 4.39 Å². The number of nitrogens with one attached hydrogen (secondary N) is 1. The Hall–Kier alpha value is -3.09. The molecule has 2 aliphatic heterocycles. The summed E-state index contributed by atoms with van der Waals surface area (Å²) in [6.07, 6.45) is 3.12. The average Bonchev–Trinajstić information content (AvgIpc) is 2.86. The molecule has 0 fully saturated rings. The van der Waals surface area contributed by atoms with E-state index in [1.807, 2.05) is 0 Å². The van der Waals surface area contributed by atoms with E-state index in [1.54, 1.807) is 36.7 Å². The lowest BCUT2D eigenvalue weighted by atomic mass is 10.2. The van der Waals surface area contributed by atoms with Crippen molar-refractivity contribution in [2.45, 2.75) is 0 Å². The maximum Gasteiger partial charge on any atom is 0.283 e. The fourth-order valence-corrected chi connectivity index (χ4v) is 2.24. The summed E-state index contributed by atoms with van der Waals surface area (Å²) in [5.74, 6) is -0.216. The van der Waals surface area contributed by atoms with Gasteiger partial charge in [0.15, 0.2) is 5.82 Å². The lowest BCUT2D eigenvalue weighted by Crippen LogP contribution is -2.15. The summed E-state index contributed by atoms with van der Waals surface area (Å²) in [5.41, 5.74) is 1.28. The summed E-state index contributed by atoms with van der Waals surface area (Å²) in [4.78, 5) is 23.2. The molecule has 6 nitrogen and oxygen atoms in total. The molecule has 0 bridgehead atoms. The molecule has 0 spiro atoms. The highest BCUT2D eigenvalue weighted by Crippen LogP contribution is 2.24. The average molecular weight is 281 g/mol. The van der Waals surface area contributed by atoms with Gasteiger partial charge in [-0.15, -0.1) is 0 Å². The lowest BCUT2D eigenvalue weighted by molar-refractivity contribution is 0.589. The van der Waals surface area contributed by atoms with Crippen molar-refractivity contribution in [3.8, 4) is 17.1 Å². The van der Waals surface area contributed by atoms with Gasteiger partial charge in [0, 0.05) is 12.4 Å². The monoisotopic (exact) mass is 281 g/mol. The lowest BCUT2D eigenvalue weighted by Gasteiger charge is -2.01. The number of hydrogen-bond donors (Lipinski definition) is 1. The van der Waals surface area contributed by atoms with Crippen LogP contribution in [0.1, 0.15) is 0 Å². The second-order valence-electron chi connectivity index (χ2n) is 4.49. The number of rotatable bonds is 1. The molecule has 1 N–H and O–H groups in total. The molecule has 21 heavy (non-hydrogen) atoms. The fourth-order valence-electron chi connectivity index (χ4n) is 2.24. The van der Waals surface area contributed by atoms with Crippen molar-refractivity contribution in [1.82, 2.24) is 24.7 Å². The molecule has 0 saturated carbocycles. The largest absolute Gasteiger partial charge is 0.359 e. The second kappa shape index (κ2) is 4.20. The minimum Gasteiger partial charge on any atom is -0.359 e. The number of halogens is 1. The highest BCUT2D eigenvalue weighted by atomic mass is 19.1. The van der Waals surface area contributed by atoms with Crippen LogP contribution >= 0.6 is 0 Å². The molecule has 102 valence electrons. The van der Waals surface area contributed by atoms with Gasteiger partial charge in [0.2, 0.25) is 5.95 Å². The minimum absolute atomic E-state index is 0.319. The van der Waals surface area contributed by atoms with Crippen molar-refractivity contribution in [2.24, 2.45) is 0 Å². The van der Waals surface area contributed by atoms with E-state index in [-0.39, 0.29) is 5.56 Å². The van der Waals surface area contributed by atoms with Gasteiger partial charge >= 0.3 is 0 Å². The molecule has 0 aromatic carbocycles. The predicted octanol–water partition coefficient (Wildman–Crippen LogP) is 1.75. The molecule has 2 aliphatic rings. The zero-order chi connectivity index (χ0) is 14.4. The minimum atomic E-state index is -0.622. The van der Waals surface area contributed by atoms with Crippen molar-refractivity contribution in [1.29, 1.82) is 0 Å². The standard InChI is InChI=1S/C14H8FN5O/c15-10-5-4-9-13(18-10)12-8(7-17-9)14(21)20(19-12)11-3-1-2-6-16-11/h1-7,17H. The molecule has 0 atom stereocenters. The number of aromatic amines is 1. The first-order valence-corrected chi connectivity index (χ1v) is 6.22. The van der Waals surface area contributed by atoms with Gasteiger partial charge in [0.1, 0.15) is 11.2 Å². The Morgan fingerprint density at radius 1 is 1.19 bits per heavy atom. The van der Waals surface area contributed by atoms with Crippen LogP contribution in [0.5, 0.6) is 0 Å². The molecule has 4 rings (SSSR count). The first kappa shape index (κ1) is 11.7. The van der Waals surface area contributed by atoms with Crippen LogP contribution in [0.2, 0.25) is 0 Å². The number of aromatic nitrogens is 5. The van der Waals surface area contributed by atoms with Crippen LogP contribution in [0, 0.1) is 5.95 Å². The van der Waals surface area contributed by atoms with Gasteiger partial charge < -0.3 is 4.98 Å². The number of hydrogen-bond acceptors (Lipinski definition) is 4. The van der Waals surface area contributed by atoms with Gasteiger partial charge in [-0.2, -0.15) is 14.2 Å². The number of fused-ring (bicyclic) bond motifs is 3. The van der Waals surface area contributed by atoms with Crippen LogP contribution in [0.15, 0.2) is 47.5 Å². The van der Waals surface area contributed by atoms with Gasteiger partial charge in [0.25, 0.3) is 5.56 Å². The normalized spacial score (nSPS) is 11.3. The molecular weight excluding hydrogens is 273 g/mol. The van der Waals surface area contributed by atoms with Crippen LogP contribution in [-0.2, 0) is 0 Å². The van der Waals surface area contributed by atoms with Gasteiger partial charge in [-0.3, -0.25) is 4.79 Å². The van der Waals surface area contributed by atoms with Gasteiger partial charge in [-0.1, -0.05) is 6.07 Å². The highest BCUT2D eigenvalue weighted by Gasteiger charge is 2.20. The molecule has 2 aromatic heterocycles. The molecule has 0 radical (unpaired) electrons. The molecule has 0 unspecified atom stereocenters. The van der Waals surface area contributed by atoms with Crippen LogP contribution in [0.3, 0.4) is 0 Å². The van der Waals surface area contributed by atoms with E-state index >= 15 is 0 Å². The van der Waals surface area contributed by atoms with Crippen molar-refractivity contribution >= 4 is 11.0 Å². The third-order valence-corrected chi connectivity index (χ3v) is 3.20. The predicted molar refractivity (Wildman–Crippen MR) is 73.9 cm³/mol. The van der Waals surface area contributed by atoms with Crippen LogP contribution < -0.4 is 5.56 Å². The zero-order valence-electron chi connectivity index (χ0n) is 10.6. The third kappa shape index (κ3) is 1.71. The third-order valence-electron chi connectivity index (χ3n) is 3.20. The van der Waals surface area contributed by atoms with Crippen LogP contribution in [-0.4, -0.2) is 24.7 Å². The van der Waals surface area contributed by atoms with E-state index < -0.39 is 5.95 Å². The van der Waals surface area contributed by atoms with E-state index in [0.717, 1.165) is 0 Å². The second-order valence-corrected chi connectivity index (χ2v) is 4.49. The van der Waals surface area contributed by atoms with E-state index in [1.165, 1.54) is 10.7 Å². The quantitative estimate of drug-likeness (QED) is 0.539. The number of nitrogens with zero attached hydrogens (tertiary/aromatic N) is 4. The van der Waals surface area contributed by atoms with E-state index in [0.29, 0.717) is 28.1 Å². The first-order valence-electron chi connectivity index (χ1n) is 6.22. The molecule has 0 aliphatic carbocycles. The molecule has 7 heteroatoms. The zero-order valence-corrected chi connectivity index (χ0v) is 10.6. The Labute approximate surface area is 117 Å². The maximum absolute atomic E-state index is 13.3. The summed E-state index contributed by atoms with van der Waals surface area (Å²) < 4.78 is 14.5. The van der Waals surface area contributed by atoms with Crippen molar-refractivity contribution < 1.29 is 4.39 Å². The van der Waals surface area contributed by atoms with Crippen molar-refractivity contribution in [3.63, 3.8) is 0 Å². The van der Waals surface area contributed by atoms with Gasteiger partial charge in [-0.05, 0) is 24.3 Å². The highest BCUT2D eigenvalue weighted by molar-refractivity contribution is 5.89. The van der Waals surface area contributed by atoms with Crippen molar-refractivity contribution in [3.05, 3.63) is 59.0 Å². The Morgan fingerprint density at radius 3 is 2.90 bits per heavy atom. The molecular formula is C14H8FN5O. The Bertz CT molecular complexity index is 976. The molecule has 0 saturated heterocycles. The molecule has 4 heterocycles. The summed E-state index contributed by atoms with van der Waals surface area (Å²) in [6, 6.07) is 7.99. The first-order chi connectivity index (χ1) is 10.2. The topological polar surface area (TPSA) is 76.5 Å². The van der Waals surface area contributed by atoms with E-state index in [9.17, 15) is 9.18 Å². The summed E-state index contributed by atoms with van der Waals surface area (Å²) >= 11 is 0.